The lowest BCUT2D eigenvalue weighted by molar-refractivity contribution is 0.0954. The molecule has 0 fully saturated rings. The molecule has 5 heteroatoms. The van der Waals surface area contributed by atoms with Gasteiger partial charge in [0.25, 0.3) is 5.91 Å². The van der Waals surface area contributed by atoms with Crippen LogP contribution in [0, 0.1) is 0 Å². The van der Waals surface area contributed by atoms with Gasteiger partial charge in [-0.25, -0.2) is 0 Å². The summed E-state index contributed by atoms with van der Waals surface area (Å²) < 4.78 is 0. The SMILES string of the molecule is Nc1ccc(C(=O)NCCc2cccnc2)cc1O. The van der Waals surface area contributed by atoms with Gasteiger partial charge in [0, 0.05) is 24.5 Å². The van der Waals surface area contributed by atoms with E-state index in [0.717, 1.165) is 5.56 Å². The third-order valence-electron chi connectivity index (χ3n) is 2.71. The van der Waals surface area contributed by atoms with E-state index in [1.54, 1.807) is 18.5 Å². The molecule has 1 aromatic carbocycles. The molecule has 0 aliphatic rings. The number of nitrogens with zero attached hydrogens (tertiary/aromatic N) is 1. The van der Waals surface area contributed by atoms with Crippen molar-refractivity contribution >= 4 is 11.6 Å². The quantitative estimate of drug-likeness (QED) is 0.569. The summed E-state index contributed by atoms with van der Waals surface area (Å²) in [6.45, 7) is 0.510. The molecule has 0 aliphatic carbocycles. The maximum absolute atomic E-state index is 11.8. The Morgan fingerprint density at radius 2 is 2.21 bits per heavy atom. The molecule has 0 unspecified atom stereocenters. The van der Waals surface area contributed by atoms with E-state index in [4.69, 9.17) is 5.73 Å². The van der Waals surface area contributed by atoms with Crippen LogP contribution in [0.1, 0.15) is 15.9 Å². The largest absolute Gasteiger partial charge is 0.506 e. The molecule has 0 atom stereocenters. The van der Waals surface area contributed by atoms with Gasteiger partial charge in [0.15, 0.2) is 0 Å². The second-order valence-corrected chi connectivity index (χ2v) is 4.14. The van der Waals surface area contributed by atoms with Gasteiger partial charge in [-0.2, -0.15) is 0 Å². The molecule has 0 spiro atoms. The average molecular weight is 257 g/mol. The highest BCUT2D eigenvalue weighted by atomic mass is 16.3. The highest BCUT2D eigenvalue weighted by molar-refractivity contribution is 5.95. The van der Waals surface area contributed by atoms with Gasteiger partial charge in [-0.15, -0.1) is 0 Å². The number of phenols is 1. The van der Waals surface area contributed by atoms with Crippen molar-refractivity contribution in [3.05, 3.63) is 53.9 Å². The lowest BCUT2D eigenvalue weighted by Gasteiger charge is -2.06. The summed E-state index contributed by atoms with van der Waals surface area (Å²) in [5.41, 5.74) is 7.18. The van der Waals surface area contributed by atoms with E-state index in [9.17, 15) is 9.90 Å². The monoisotopic (exact) mass is 257 g/mol. The number of nitrogen functional groups attached to an aromatic ring is 1. The molecule has 0 radical (unpaired) electrons. The zero-order valence-corrected chi connectivity index (χ0v) is 10.3. The van der Waals surface area contributed by atoms with Crippen molar-refractivity contribution in [2.24, 2.45) is 0 Å². The fourth-order valence-corrected chi connectivity index (χ4v) is 1.65. The fraction of sp³-hybridized carbons (Fsp3) is 0.143. The van der Waals surface area contributed by atoms with E-state index in [-0.39, 0.29) is 17.3 Å². The summed E-state index contributed by atoms with van der Waals surface area (Å²) in [4.78, 5) is 15.8. The summed E-state index contributed by atoms with van der Waals surface area (Å²) in [5, 5.41) is 12.2. The van der Waals surface area contributed by atoms with Crippen LogP contribution < -0.4 is 11.1 Å². The van der Waals surface area contributed by atoms with E-state index in [1.165, 1.54) is 12.1 Å². The molecule has 1 aromatic heterocycles. The molecular formula is C14H15N3O2. The van der Waals surface area contributed by atoms with E-state index in [0.29, 0.717) is 18.5 Å². The van der Waals surface area contributed by atoms with Gasteiger partial charge in [0.05, 0.1) is 5.69 Å². The number of nitrogens with one attached hydrogen (secondary N) is 1. The summed E-state index contributed by atoms with van der Waals surface area (Å²) >= 11 is 0. The minimum absolute atomic E-state index is 0.0834. The molecule has 4 N–H and O–H groups in total. The average Bonchev–Trinajstić information content (AvgIpc) is 2.43. The van der Waals surface area contributed by atoms with E-state index >= 15 is 0 Å². The van der Waals surface area contributed by atoms with Crippen LogP contribution >= 0.6 is 0 Å². The first-order valence-corrected chi connectivity index (χ1v) is 5.92. The molecule has 0 aliphatic heterocycles. The Labute approximate surface area is 111 Å². The summed E-state index contributed by atoms with van der Waals surface area (Å²) in [5.74, 6) is -0.320. The standard InChI is InChI=1S/C14H15N3O2/c15-12-4-3-11(8-13(12)18)14(19)17-7-5-10-2-1-6-16-9-10/h1-4,6,8-9,18H,5,7,15H2,(H,17,19). The van der Waals surface area contributed by atoms with Gasteiger partial charge in [-0.05, 0) is 36.2 Å². The summed E-state index contributed by atoms with van der Waals surface area (Å²) in [6.07, 6.45) is 4.18. The highest BCUT2D eigenvalue weighted by Crippen LogP contribution is 2.20. The van der Waals surface area contributed by atoms with Gasteiger partial charge < -0.3 is 16.2 Å². The van der Waals surface area contributed by atoms with E-state index in [2.05, 4.69) is 10.3 Å². The minimum Gasteiger partial charge on any atom is -0.506 e. The highest BCUT2D eigenvalue weighted by Gasteiger charge is 2.07. The Hall–Kier alpha value is -2.56. The Morgan fingerprint density at radius 1 is 1.37 bits per heavy atom. The molecular weight excluding hydrogens is 242 g/mol. The predicted octanol–water partition coefficient (Wildman–Crippen LogP) is 1.34. The van der Waals surface area contributed by atoms with Crippen molar-refractivity contribution in [2.45, 2.75) is 6.42 Å². The van der Waals surface area contributed by atoms with Gasteiger partial charge in [-0.3, -0.25) is 9.78 Å². The Morgan fingerprint density at radius 3 is 2.89 bits per heavy atom. The lowest BCUT2D eigenvalue weighted by Crippen LogP contribution is -2.25. The van der Waals surface area contributed by atoms with Crippen molar-refractivity contribution in [3.63, 3.8) is 0 Å². The number of pyridine rings is 1. The predicted molar refractivity (Wildman–Crippen MR) is 72.8 cm³/mol. The molecule has 0 saturated heterocycles. The van der Waals surface area contributed by atoms with Crippen molar-refractivity contribution in [2.75, 3.05) is 12.3 Å². The number of aromatic hydroxyl groups is 1. The smallest absolute Gasteiger partial charge is 0.251 e. The Bertz CT molecular complexity index is 570. The van der Waals surface area contributed by atoms with Crippen LogP contribution in [0.5, 0.6) is 5.75 Å². The number of phenolic OH excluding ortho intramolecular Hbond substituents is 1. The topological polar surface area (TPSA) is 88.2 Å². The Balaban J connectivity index is 1.89. The van der Waals surface area contributed by atoms with Crippen LogP contribution in [0.3, 0.4) is 0 Å². The van der Waals surface area contributed by atoms with Crippen LogP contribution in [0.15, 0.2) is 42.7 Å². The van der Waals surface area contributed by atoms with Crippen LogP contribution in [0.2, 0.25) is 0 Å². The molecule has 19 heavy (non-hydrogen) atoms. The second kappa shape index (κ2) is 5.86. The van der Waals surface area contributed by atoms with Gasteiger partial charge in [-0.1, -0.05) is 6.07 Å². The first-order valence-electron chi connectivity index (χ1n) is 5.92. The van der Waals surface area contributed by atoms with Crippen LogP contribution in [0.25, 0.3) is 0 Å². The molecule has 1 heterocycles. The molecule has 0 saturated carbocycles. The maximum atomic E-state index is 11.8. The minimum atomic E-state index is -0.237. The zero-order valence-electron chi connectivity index (χ0n) is 10.3. The summed E-state index contributed by atoms with van der Waals surface area (Å²) in [7, 11) is 0. The van der Waals surface area contributed by atoms with Crippen LogP contribution in [-0.4, -0.2) is 22.5 Å². The zero-order chi connectivity index (χ0) is 13.7. The fourth-order valence-electron chi connectivity index (χ4n) is 1.65. The molecule has 0 bridgehead atoms. The second-order valence-electron chi connectivity index (χ2n) is 4.14. The van der Waals surface area contributed by atoms with E-state index in [1.807, 2.05) is 12.1 Å². The normalized spacial score (nSPS) is 10.1. The summed E-state index contributed by atoms with van der Waals surface area (Å²) in [6, 6.07) is 8.25. The van der Waals surface area contributed by atoms with Crippen molar-refractivity contribution < 1.29 is 9.90 Å². The van der Waals surface area contributed by atoms with Crippen molar-refractivity contribution in [1.29, 1.82) is 0 Å². The molecule has 2 rings (SSSR count). The van der Waals surface area contributed by atoms with Gasteiger partial charge in [0.2, 0.25) is 0 Å². The number of nitrogens with two attached hydrogens (primary N) is 1. The number of anilines is 1. The lowest BCUT2D eigenvalue weighted by atomic mass is 10.1. The van der Waals surface area contributed by atoms with E-state index < -0.39 is 0 Å². The van der Waals surface area contributed by atoms with Crippen LogP contribution in [0.4, 0.5) is 5.69 Å². The Kier molecular flexibility index (Phi) is 3.97. The maximum Gasteiger partial charge on any atom is 0.251 e. The number of hydrogen-bond donors (Lipinski definition) is 3. The van der Waals surface area contributed by atoms with Crippen molar-refractivity contribution in [1.82, 2.24) is 10.3 Å². The molecule has 1 amide bonds. The van der Waals surface area contributed by atoms with Crippen LogP contribution in [-0.2, 0) is 6.42 Å². The number of carbonyl (C=O) groups excluding carboxylic acids is 1. The number of hydrogen-bond acceptors (Lipinski definition) is 4. The van der Waals surface area contributed by atoms with Gasteiger partial charge >= 0.3 is 0 Å². The number of rotatable bonds is 4. The molecule has 5 nitrogen and oxygen atoms in total. The van der Waals surface area contributed by atoms with Gasteiger partial charge in [0.1, 0.15) is 5.75 Å². The van der Waals surface area contributed by atoms with Crippen molar-refractivity contribution in [3.8, 4) is 5.75 Å². The molecule has 98 valence electrons. The first-order chi connectivity index (χ1) is 9.16. The number of amides is 1. The number of benzene rings is 1. The third-order valence-corrected chi connectivity index (χ3v) is 2.71. The number of aromatic nitrogens is 1. The third kappa shape index (κ3) is 3.45. The first kappa shape index (κ1) is 12.9. The number of carbonyl (C=O) groups is 1. The molecule has 2 aromatic rings.